The zero-order valence-electron chi connectivity index (χ0n) is 15.7. The minimum Gasteiger partial charge on any atom is -0.469 e. The number of esters is 1. The van der Waals surface area contributed by atoms with Gasteiger partial charge >= 0.3 is 5.97 Å². The number of ether oxygens (including phenoxy) is 1. The van der Waals surface area contributed by atoms with Crippen molar-refractivity contribution in [2.45, 2.75) is 33.6 Å². The number of fused-ring (bicyclic) bond motifs is 1. The SMILES string of the molecule is COC(=O)C(C)CN(C)C(=O)CCc1c(C)nc2c(C#N)cnn2c1C. The van der Waals surface area contributed by atoms with E-state index in [1.807, 2.05) is 13.8 Å². The van der Waals surface area contributed by atoms with Crippen LogP contribution in [0.3, 0.4) is 0 Å². The summed E-state index contributed by atoms with van der Waals surface area (Å²) in [7, 11) is 3.01. The lowest BCUT2D eigenvalue weighted by molar-refractivity contribution is -0.146. The molecule has 2 aromatic rings. The Labute approximate surface area is 152 Å². The maximum atomic E-state index is 12.4. The molecule has 1 unspecified atom stereocenters. The molecule has 2 heterocycles. The Morgan fingerprint density at radius 3 is 2.73 bits per heavy atom. The predicted octanol–water partition coefficient (Wildman–Crippen LogP) is 1.42. The third kappa shape index (κ3) is 3.82. The largest absolute Gasteiger partial charge is 0.469 e. The summed E-state index contributed by atoms with van der Waals surface area (Å²) in [5.74, 6) is -0.764. The smallest absolute Gasteiger partial charge is 0.310 e. The van der Waals surface area contributed by atoms with Crippen molar-refractivity contribution >= 4 is 17.5 Å². The summed E-state index contributed by atoms with van der Waals surface area (Å²) in [6, 6.07) is 2.08. The fourth-order valence-electron chi connectivity index (χ4n) is 2.96. The number of nitriles is 1. The number of aryl methyl sites for hydroxylation is 2. The molecule has 0 saturated heterocycles. The zero-order chi connectivity index (χ0) is 19.4. The average Bonchev–Trinajstić information content (AvgIpc) is 3.03. The maximum absolute atomic E-state index is 12.4. The molecule has 0 fully saturated rings. The van der Waals surface area contributed by atoms with E-state index < -0.39 is 0 Å². The molecule has 0 aliphatic heterocycles. The normalized spacial score (nSPS) is 11.8. The molecule has 0 N–H and O–H groups in total. The first-order valence-electron chi connectivity index (χ1n) is 8.35. The van der Waals surface area contributed by atoms with Gasteiger partial charge in [-0.15, -0.1) is 0 Å². The molecule has 26 heavy (non-hydrogen) atoms. The Balaban J connectivity index is 2.11. The van der Waals surface area contributed by atoms with Gasteiger partial charge in [0.25, 0.3) is 0 Å². The second-order valence-corrected chi connectivity index (χ2v) is 6.37. The summed E-state index contributed by atoms with van der Waals surface area (Å²) in [5, 5.41) is 13.3. The average molecular weight is 357 g/mol. The molecule has 0 spiro atoms. The van der Waals surface area contributed by atoms with E-state index in [1.54, 1.807) is 23.4 Å². The van der Waals surface area contributed by atoms with Crippen LogP contribution in [0.5, 0.6) is 0 Å². The van der Waals surface area contributed by atoms with Gasteiger partial charge in [-0.1, -0.05) is 6.92 Å². The Morgan fingerprint density at radius 1 is 1.42 bits per heavy atom. The lowest BCUT2D eigenvalue weighted by Gasteiger charge is -2.20. The van der Waals surface area contributed by atoms with Crippen molar-refractivity contribution in [1.29, 1.82) is 5.26 Å². The van der Waals surface area contributed by atoms with Gasteiger partial charge in [-0.25, -0.2) is 9.50 Å². The first kappa shape index (κ1) is 19.4. The maximum Gasteiger partial charge on any atom is 0.310 e. The van der Waals surface area contributed by atoms with E-state index in [-0.39, 0.29) is 17.8 Å². The van der Waals surface area contributed by atoms with Crippen LogP contribution >= 0.6 is 0 Å². The van der Waals surface area contributed by atoms with E-state index in [9.17, 15) is 9.59 Å². The molecule has 0 bridgehead atoms. The first-order chi connectivity index (χ1) is 12.3. The zero-order valence-corrected chi connectivity index (χ0v) is 15.7. The monoisotopic (exact) mass is 357 g/mol. The topological polar surface area (TPSA) is 101 Å². The van der Waals surface area contributed by atoms with Crippen molar-refractivity contribution in [3.05, 3.63) is 28.7 Å². The Kier molecular flexibility index (Phi) is 5.93. The summed E-state index contributed by atoms with van der Waals surface area (Å²) in [6.45, 7) is 5.81. The minimum atomic E-state index is -0.371. The van der Waals surface area contributed by atoms with Crippen LogP contribution in [0, 0.1) is 31.1 Å². The van der Waals surface area contributed by atoms with E-state index in [0.717, 1.165) is 17.0 Å². The summed E-state index contributed by atoms with van der Waals surface area (Å²) in [4.78, 5) is 29.9. The summed E-state index contributed by atoms with van der Waals surface area (Å²) in [6.07, 6.45) is 2.30. The molecule has 0 radical (unpaired) electrons. The van der Waals surface area contributed by atoms with Crippen LogP contribution in [0.25, 0.3) is 5.65 Å². The number of hydrogen-bond acceptors (Lipinski definition) is 6. The van der Waals surface area contributed by atoms with E-state index in [4.69, 9.17) is 5.26 Å². The number of nitrogens with zero attached hydrogens (tertiary/aromatic N) is 5. The molecule has 1 amide bonds. The van der Waals surface area contributed by atoms with Gasteiger partial charge in [0.1, 0.15) is 11.6 Å². The van der Waals surface area contributed by atoms with Gasteiger partial charge in [0.15, 0.2) is 5.65 Å². The predicted molar refractivity (Wildman–Crippen MR) is 94.3 cm³/mol. The highest BCUT2D eigenvalue weighted by atomic mass is 16.5. The molecule has 0 saturated carbocycles. The summed E-state index contributed by atoms with van der Waals surface area (Å²) in [5.41, 5.74) is 3.54. The van der Waals surface area contributed by atoms with Crippen LogP contribution in [0.2, 0.25) is 0 Å². The molecular formula is C18H23N5O3. The molecule has 2 rings (SSSR count). The number of rotatable bonds is 6. The van der Waals surface area contributed by atoms with Gasteiger partial charge < -0.3 is 9.64 Å². The van der Waals surface area contributed by atoms with Gasteiger partial charge in [-0.05, 0) is 25.8 Å². The highest BCUT2D eigenvalue weighted by molar-refractivity contribution is 5.78. The molecular weight excluding hydrogens is 334 g/mol. The highest BCUT2D eigenvalue weighted by Gasteiger charge is 2.20. The quantitative estimate of drug-likeness (QED) is 0.725. The van der Waals surface area contributed by atoms with Crippen LogP contribution in [0.1, 0.15) is 35.9 Å². The number of amides is 1. The van der Waals surface area contributed by atoms with E-state index in [1.165, 1.54) is 13.3 Å². The van der Waals surface area contributed by atoms with Crippen molar-refractivity contribution in [2.24, 2.45) is 5.92 Å². The van der Waals surface area contributed by atoms with Gasteiger partial charge in [-0.3, -0.25) is 9.59 Å². The van der Waals surface area contributed by atoms with Gasteiger partial charge in [0.2, 0.25) is 5.91 Å². The van der Waals surface area contributed by atoms with Crippen molar-refractivity contribution in [2.75, 3.05) is 20.7 Å². The van der Waals surface area contributed by atoms with Crippen LogP contribution in [-0.2, 0) is 20.7 Å². The first-order valence-corrected chi connectivity index (χ1v) is 8.35. The van der Waals surface area contributed by atoms with E-state index >= 15 is 0 Å². The fourth-order valence-corrected chi connectivity index (χ4v) is 2.96. The van der Waals surface area contributed by atoms with Crippen molar-refractivity contribution in [1.82, 2.24) is 19.5 Å². The van der Waals surface area contributed by atoms with Crippen molar-refractivity contribution < 1.29 is 14.3 Å². The molecule has 8 nitrogen and oxygen atoms in total. The third-order valence-corrected chi connectivity index (χ3v) is 4.49. The summed E-state index contributed by atoms with van der Waals surface area (Å²) < 4.78 is 6.32. The lowest BCUT2D eigenvalue weighted by Crippen LogP contribution is -2.34. The fraction of sp³-hybridized carbons (Fsp3) is 0.500. The standard InChI is InChI=1S/C18H23N5O3/c1-11(18(25)26-5)10-22(4)16(24)7-6-15-12(2)21-17-14(8-19)9-20-23(17)13(15)3/h9,11H,6-7,10H2,1-5H3. The van der Waals surface area contributed by atoms with Gasteiger partial charge in [-0.2, -0.15) is 10.4 Å². The third-order valence-electron chi connectivity index (χ3n) is 4.49. The second-order valence-electron chi connectivity index (χ2n) is 6.37. The van der Waals surface area contributed by atoms with E-state index in [2.05, 4.69) is 20.9 Å². The Bertz CT molecular complexity index is 881. The van der Waals surface area contributed by atoms with Crippen LogP contribution in [-0.4, -0.2) is 52.1 Å². The van der Waals surface area contributed by atoms with Crippen molar-refractivity contribution in [3.8, 4) is 6.07 Å². The summed E-state index contributed by atoms with van der Waals surface area (Å²) >= 11 is 0. The van der Waals surface area contributed by atoms with Crippen molar-refractivity contribution in [3.63, 3.8) is 0 Å². The van der Waals surface area contributed by atoms with Gasteiger partial charge in [0.05, 0.1) is 19.2 Å². The molecule has 138 valence electrons. The lowest BCUT2D eigenvalue weighted by atomic mass is 10.1. The number of aromatic nitrogens is 3. The molecule has 1 atom stereocenters. The van der Waals surface area contributed by atoms with Crippen LogP contribution in [0.15, 0.2) is 6.20 Å². The molecule has 2 aromatic heterocycles. The van der Waals surface area contributed by atoms with Crippen LogP contribution < -0.4 is 0 Å². The second kappa shape index (κ2) is 7.95. The molecule has 0 aromatic carbocycles. The number of methoxy groups -OCH3 is 1. The highest BCUT2D eigenvalue weighted by Crippen LogP contribution is 2.18. The Hall–Kier alpha value is -2.95. The number of carbonyl (C=O) groups is 2. The number of carbonyl (C=O) groups excluding carboxylic acids is 2. The molecule has 8 heteroatoms. The van der Waals surface area contributed by atoms with Gasteiger partial charge in [0, 0.05) is 31.4 Å². The minimum absolute atomic E-state index is 0.0576. The molecule has 0 aliphatic rings. The number of hydrogen-bond donors (Lipinski definition) is 0. The Morgan fingerprint density at radius 2 is 2.12 bits per heavy atom. The molecule has 0 aliphatic carbocycles. The van der Waals surface area contributed by atoms with Crippen LogP contribution in [0.4, 0.5) is 0 Å². The van der Waals surface area contributed by atoms with E-state index in [0.29, 0.717) is 30.6 Å².